The number of nitrogens with zero attached hydrogens (tertiary/aromatic N) is 3. The van der Waals surface area contributed by atoms with Crippen molar-refractivity contribution >= 4 is 63.5 Å². The van der Waals surface area contributed by atoms with Gasteiger partial charge >= 0.3 is 5.97 Å². The molecule has 3 aromatic carbocycles. The first-order valence-electron chi connectivity index (χ1n) is 11.3. The van der Waals surface area contributed by atoms with Gasteiger partial charge in [0.15, 0.2) is 5.11 Å². The van der Waals surface area contributed by atoms with Gasteiger partial charge in [0.05, 0.1) is 12.8 Å². The van der Waals surface area contributed by atoms with E-state index in [1.165, 1.54) is 16.9 Å². The molecule has 0 unspecified atom stereocenters. The van der Waals surface area contributed by atoms with Gasteiger partial charge in [0, 0.05) is 34.2 Å². The molecule has 0 atom stereocenters. The van der Waals surface area contributed by atoms with Gasteiger partial charge in [0.2, 0.25) is 0 Å². The second kappa shape index (κ2) is 9.97. The molecule has 0 N–H and O–H groups in total. The van der Waals surface area contributed by atoms with Crippen molar-refractivity contribution in [3.8, 4) is 0 Å². The van der Waals surface area contributed by atoms with Crippen LogP contribution >= 0.6 is 23.8 Å². The predicted molar refractivity (Wildman–Crippen MR) is 146 cm³/mol. The van der Waals surface area contributed by atoms with Gasteiger partial charge in [0.25, 0.3) is 5.91 Å². The van der Waals surface area contributed by atoms with Crippen molar-refractivity contribution in [2.45, 2.75) is 6.54 Å². The lowest BCUT2D eigenvalue weighted by Crippen LogP contribution is -2.35. The van der Waals surface area contributed by atoms with Crippen LogP contribution in [0.4, 0.5) is 5.69 Å². The molecule has 180 valence electrons. The number of hydrogen-bond donors (Lipinski definition) is 0. The van der Waals surface area contributed by atoms with Crippen molar-refractivity contribution in [1.29, 1.82) is 0 Å². The number of aromatic nitrogens is 1. The molecule has 1 amide bonds. The molecule has 2 heterocycles. The van der Waals surface area contributed by atoms with Gasteiger partial charge in [0.1, 0.15) is 12.2 Å². The van der Waals surface area contributed by atoms with Crippen LogP contribution in [0.5, 0.6) is 0 Å². The van der Waals surface area contributed by atoms with Gasteiger partial charge in [-0.15, -0.1) is 0 Å². The van der Waals surface area contributed by atoms with E-state index in [4.69, 9.17) is 28.6 Å². The molecule has 5 rings (SSSR count). The van der Waals surface area contributed by atoms with Crippen molar-refractivity contribution in [1.82, 2.24) is 9.47 Å². The third kappa shape index (κ3) is 4.51. The molecule has 0 aliphatic carbocycles. The Morgan fingerprint density at radius 2 is 1.69 bits per heavy atom. The summed E-state index contributed by atoms with van der Waals surface area (Å²) in [6, 6.07) is 25.0. The van der Waals surface area contributed by atoms with Crippen LogP contribution in [0.1, 0.15) is 11.1 Å². The lowest BCUT2D eigenvalue weighted by Gasteiger charge is -2.19. The summed E-state index contributed by atoms with van der Waals surface area (Å²) in [4.78, 5) is 28.8. The predicted octanol–water partition coefficient (Wildman–Crippen LogP) is 5.49. The molecule has 6 nitrogen and oxygen atoms in total. The topological polar surface area (TPSA) is 54.8 Å². The first-order chi connectivity index (χ1) is 17.5. The number of thiocarbonyl (C=S) groups is 1. The standard InChI is InChI=1S/C28H22ClN3O3S/c1-35-26(33)18-31-25(27(34)32(28(31)36)22-13-11-21(29)12-14-22)15-20-17-30(16-19-7-3-2-4-8-19)24-10-6-5-9-23(20)24/h2-15,17H,16,18H2,1H3/b25-15-. The van der Waals surface area contributed by atoms with E-state index in [1.54, 1.807) is 30.3 Å². The first kappa shape index (κ1) is 23.8. The molecule has 4 aromatic rings. The Morgan fingerprint density at radius 1 is 1.00 bits per heavy atom. The van der Waals surface area contributed by atoms with Gasteiger partial charge in [-0.3, -0.25) is 14.5 Å². The fourth-order valence-corrected chi connectivity index (χ4v) is 4.77. The van der Waals surface area contributed by atoms with Crippen LogP contribution in [0, 0.1) is 0 Å². The minimum absolute atomic E-state index is 0.181. The molecule has 0 bridgehead atoms. The van der Waals surface area contributed by atoms with E-state index in [0.717, 1.165) is 22.0 Å². The Hall–Kier alpha value is -3.94. The number of carbonyl (C=O) groups excluding carboxylic acids is 2. The highest BCUT2D eigenvalue weighted by Crippen LogP contribution is 2.32. The summed E-state index contributed by atoms with van der Waals surface area (Å²) < 4.78 is 7.02. The molecular formula is C28H22ClN3O3S. The van der Waals surface area contributed by atoms with E-state index in [0.29, 0.717) is 23.0 Å². The van der Waals surface area contributed by atoms with E-state index in [9.17, 15) is 9.59 Å². The van der Waals surface area contributed by atoms with Crippen LogP contribution in [0.3, 0.4) is 0 Å². The van der Waals surface area contributed by atoms with E-state index < -0.39 is 5.97 Å². The summed E-state index contributed by atoms with van der Waals surface area (Å²) in [6.07, 6.45) is 3.81. The number of halogens is 1. The number of methoxy groups -OCH3 is 1. The number of ether oxygens (including phenoxy) is 1. The van der Waals surface area contributed by atoms with Crippen LogP contribution in [-0.2, 0) is 20.9 Å². The minimum Gasteiger partial charge on any atom is -0.468 e. The van der Waals surface area contributed by atoms with E-state index >= 15 is 0 Å². The van der Waals surface area contributed by atoms with Crippen LogP contribution in [0.2, 0.25) is 5.02 Å². The Labute approximate surface area is 218 Å². The Morgan fingerprint density at radius 3 is 2.42 bits per heavy atom. The average Bonchev–Trinajstić information content (AvgIpc) is 3.35. The van der Waals surface area contributed by atoms with Crippen LogP contribution in [-0.4, -0.2) is 40.1 Å². The molecule has 1 aliphatic heterocycles. The summed E-state index contributed by atoms with van der Waals surface area (Å²) in [5.74, 6) is -0.827. The zero-order valence-electron chi connectivity index (χ0n) is 19.4. The highest BCUT2D eigenvalue weighted by molar-refractivity contribution is 7.80. The third-order valence-corrected chi connectivity index (χ3v) is 6.70. The Balaban J connectivity index is 1.60. The molecule has 8 heteroatoms. The van der Waals surface area contributed by atoms with E-state index in [1.807, 2.05) is 48.7 Å². The number of esters is 1. The van der Waals surface area contributed by atoms with Crippen LogP contribution in [0.15, 0.2) is 90.8 Å². The summed E-state index contributed by atoms with van der Waals surface area (Å²) in [6.45, 7) is 0.499. The van der Waals surface area contributed by atoms with Gasteiger partial charge < -0.3 is 14.2 Å². The maximum atomic E-state index is 13.7. The van der Waals surface area contributed by atoms with Crippen LogP contribution < -0.4 is 4.90 Å². The molecule has 1 aliphatic rings. The second-order valence-corrected chi connectivity index (χ2v) is 9.11. The normalized spacial score (nSPS) is 14.8. The molecular weight excluding hydrogens is 494 g/mol. The first-order valence-corrected chi connectivity index (χ1v) is 12.1. The summed E-state index contributed by atoms with van der Waals surface area (Å²) in [7, 11) is 1.31. The zero-order valence-corrected chi connectivity index (χ0v) is 21.0. The lowest BCUT2D eigenvalue weighted by molar-refractivity contribution is -0.140. The van der Waals surface area contributed by atoms with Crippen molar-refractivity contribution < 1.29 is 14.3 Å². The van der Waals surface area contributed by atoms with E-state index in [-0.39, 0.29) is 17.6 Å². The molecule has 0 radical (unpaired) electrons. The average molecular weight is 516 g/mol. The van der Waals surface area contributed by atoms with Gasteiger partial charge in [-0.1, -0.05) is 60.1 Å². The number of hydrogen-bond acceptors (Lipinski definition) is 4. The van der Waals surface area contributed by atoms with Crippen molar-refractivity contribution in [3.05, 3.63) is 107 Å². The monoisotopic (exact) mass is 515 g/mol. The largest absolute Gasteiger partial charge is 0.468 e. The number of carbonyl (C=O) groups is 2. The highest BCUT2D eigenvalue weighted by Gasteiger charge is 2.40. The third-order valence-electron chi connectivity index (χ3n) is 6.04. The smallest absolute Gasteiger partial charge is 0.325 e. The van der Waals surface area contributed by atoms with Crippen molar-refractivity contribution in [3.63, 3.8) is 0 Å². The summed E-state index contributed by atoms with van der Waals surface area (Å²) in [5, 5.41) is 1.74. The SMILES string of the molecule is COC(=O)CN1C(=S)N(c2ccc(Cl)cc2)C(=O)/C1=C/c1cn(Cc2ccccc2)c2ccccc12. The summed E-state index contributed by atoms with van der Waals surface area (Å²) in [5.41, 5.74) is 3.91. The van der Waals surface area contributed by atoms with Gasteiger partial charge in [-0.05, 0) is 54.2 Å². The van der Waals surface area contributed by atoms with Crippen molar-refractivity contribution in [2.24, 2.45) is 0 Å². The quantitative estimate of drug-likeness (QED) is 0.193. The number of benzene rings is 3. The number of anilines is 1. The second-order valence-electron chi connectivity index (χ2n) is 8.31. The molecule has 1 aromatic heterocycles. The minimum atomic E-state index is -0.500. The number of rotatable bonds is 6. The number of fused-ring (bicyclic) bond motifs is 1. The highest BCUT2D eigenvalue weighted by atomic mass is 35.5. The Bertz CT molecular complexity index is 1500. The van der Waals surface area contributed by atoms with E-state index in [2.05, 4.69) is 16.7 Å². The molecule has 0 spiro atoms. The number of amides is 1. The number of para-hydroxylation sites is 1. The Kier molecular flexibility index (Phi) is 6.59. The maximum Gasteiger partial charge on any atom is 0.325 e. The molecule has 0 saturated carbocycles. The van der Waals surface area contributed by atoms with Crippen molar-refractivity contribution in [2.75, 3.05) is 18.6 Å². The fraction of sp³-hybridized carbons (Fsp3) is 0.107. The molecule has 36 heavy (non-hydrogen) atoms. The zero-order chi connectivity index (χ0) is 25.2. The van der Waals surface area contributed by atoms with Crippen LogP contribution in [0.25, 0.3) is 17.0 Å². The molecule has 1 saturated heterocycles. The van der Waals surface area contributed by atoms with Gasteiger partial charge in [-0.2, -0.15) is 0 Å². The van der Waals surface area contributed by atoms with Gasteiger partial charge in [-0.25, -0.2) is 0 Å². The fourth-order valence-electron chi connectivity index (χ4n) is 4.29. The maximum absolute atomic E-state index is 13.7. The summed E-state index contributed by atoms with van der Waals surface area (Å²) >= 11 is 11.7. The lowest BCUT2D eigenvalue weighted by atomic mass is 10.1. The molecule has 1 fully saturated rings.